The third-order valence-corrected chi connectivity index (χ3v) is 2.37. The molecule has 0 amide bonds. The molecule has 0 rings (SSSR count). The minimum atomic E-state index is 0.408. The third-order valence-electron chi connectivity index (χ3n) is 2.37. The van der Waals surface area contributed by atoms with Crippen molar-refractivity contribution in [3.05, 3.63) is 0 Å². The van der Waals surface area contributed by atoms with Crippen LogP contribution in [0.25, 0.3) is 0 Å². The molecule has 0 aliphatic carbocycles. The van der Waals surface area contributed by atoms with Crippen molar-refractivity contribution in [1.29, 1.82) is 0 Å². The van der Waals surface area contributed by atoms with Gasteiger partial charge in [0.1, 0.15) is 0 Å². The molecule has 0 spiro atoms. The van der Waals surface area contributed by atoms with Crippen LogP contribution in [0.3, 0.4) is 0 Å². The highest BCUT2D eigenvalue weighted by Crippen LogP contribution is 2.14. The number of nitrogens with one attached hydrogen (secondary N) is 1. The molecule has 0 aliphatic rings. The van der Waals surface area contributed by atoms with Crippen LogP contribution in [0.2, 0.25) is 0 Å². The van der Waals surface area contributed by atoms with Gasteiger partial charge in [0.05, 0.1) is 6.61 Å². The van der Waals surface area contributed by atoms with E-state index in [2.05, 4.69) is 38.0 Å². The lowest BCUT2D eigenvalue weighted by Crippen LogP contribution is -2.30. The monoisotopic (exact) mass is 230 g/mol. The van der Waals surface area contributed by atoms with Crippen molar-refractivity contribution < 1.29 is 4.74 Å². The molecular formula is C13H30N2O. The van der Waals surface area contributed by atoms with Gasteiger partial charge in [0.2, 0.25) is 0 Å². The van der Waals surface area contributed by atoms with Crippen LogP contribution in [0.1, 0.15) is 33.6 Å². The Morgan fingerprint density at radius 1 is 1.12 bits per heavy atom. The fourth-order valence-electron chi connectivity index (χ4n) is 1.82. The van der Waals surface area contributed by atoms with E-state index in [0.717, 1.165) is 19.7 Å². The number of unbranched alkanes of at least 4 members (excludes halogenated alkanes) is 1. The second kappa shape index (κ2) is 8.97. The standard InChI is InChI=1S/C13H30N2O/c1-13(2,3)12-15(4)10-7-6-8-14-9-11-16-5/h14H,6-12H2,1-5H3. The molecule has 0 heterocycles. The van der Waals surface area contributed by atoms with Crippen molar-refractivity contribution >= 4 is 0 Å². The lowest BCUT2D eigenvalue weighted by atomic mass is 9.96. The van der Waals surface area contributed by atoms with E-state index in [1.807, 2.05) is 0 Å². The Balaban J connectivity index is 3.25. The molecule has 3 heteroatoms. The molecule has 1 N–H and O–H groups in total. The molecule has 0 aliphatic heterocycles. The Labute approximate surface area is 102 Å². The number of hydrogen-bond donors (Lipinski definition) is 1. The molecule has 16 heavy (non-hydrogen) atoms. The normalized spacial score (nSPS) is 12.4. The van der Waals surface area contributed by atoms with Crippen molar-refractivity contribution in [3.63, 3.8) is 0 Å². The lowest BCUT2D eigenvalue weighted by Gasteiger charge is -2.26. The summed E-state index contributed by atoms with van der Waals surface area (Å²) in [6.07, 6.45) is 2.52. The third kappa shape index (κ3) is 12.0. The molecule has 0 aromatic carbocycles. The van der Waals surface area contributed by atoms with Crippen LogP contribution in [0.15, 0.2) is 0 Å². The van der Waals surface area contributed by atoms with Crippen LogP contribution in [-0.2, 0) is 4.74 Å². The number of nitrogens with zero attached hydrogens (tertiary/aromatic N) is 1. The largest absolute Gasteiger partial charge is 0.383 e. The van der Waals surface area contributed by atoms with E-state index >= 15 is 0 Å². The summed E-state index contributed by atoms with van der Waals surface area (Å²) in [4.78, 5) is 2.43. The van der Waals surface area contributed by atoms with E-state index < -0.39 is 0 Å². The van der Waals surface area contributed by atoms with Gasteiger partial charge in [-0.1, -0.05) is 20.8 Å². The average molecular weight is 230 g/mol. The Morgan fingerprint density at radius 3 is 2.38 bits per heavy atom. The Morgan fingerprint density at radius 2 is 1.81 bits per heavy atom. The van der Waals surface area contributed by atoms with Crippen molar-refractivity contribution in [1.82, 2.24) is 10.2 Å². The zero-order valence-corrected chi connectivity index (χ0v) is 11.8. The summed E-state index contributed by atoms with van der Waals surface area (Å²) in [5.41, 5.74) is 0.408. The minimum Gasteiger partial charge on any atom is -0.383 e. The second-order valence-corrected chi connectivity index (χ2v) is 5.75. The van der Waals surface area contributed by atoms with E-state index in [1.165, 1.54) is 25.9 Å². The molecule has 0 unspecified atom stereocenters. The van der Waals surface area contributed by atoms with Crippen molar-refractivity contribution in [2.75, 3.05) is 46.9 Å². The Kier molecular flexibility index (Phi) is 8.90. The summed E-state index contributed by atoms with van der Waals surface area (Å²) in [7, 11) is 3.95. The fraction of sp³-hybridized carbons (Fsp3) is 1.00. The molecule has 0 atom stereocenters. The molecule has 0 aromatic heterocycles. The maximum Gasteiger partial charge on any atom is 0.0587 e. The van der Waals surface area contributed by atoms with E-state index in [1.54, 1.807) is 7.11 Å². The topological polar surface area (TPSA) is 24.5 Å². The van der Waals surface area contributed by atoms with Crippen LogP contribution in [0, 0.1) is 5.41 Å². The molecule has 0 fully saturated rings. The Hall–Kier alpha value is -0.120. The van der Waals surface area contributed by atoms with Gasteiger partial charge < -0.3 is 15.0 Å². The summed E-state index contributed by atoms with van der Waals surface area (Å²) >= 11 is 0. The minimum absolute atomic E-state index is 0.408. The molecular weight excluding hydrogens is 200 g/mol. The molecule has 0 saturated carbocycles. The van der Waals surface area contributed by atoms with E-state index in [4.69, 9.17) is 4.74 Å². The van der Waals surface area contributed by atoms with Crippen LogP contribution < -0.4 is 5.32 Å². The van der Waals surface area contributed by atoms with Crippen LogP contribution in [-0.4, -0.2) is 51.8 Å². The van der Waals surface area contributed by atoms with E-state index in [-0.39, 0.29) is 0 Å². The average Bonchev–Trinajstić information content (AvgIpc) is 2.13. The summed E-state index contributed by atoms with van der Waals surface area (Å²) in [6, 6.07) is 0. The summed E-state index contributed by atoms with van der Waals surface area (Å²) < 4.78 is 4.97. The predicted octanol–water partition coefficient (Wildman–Crippen LogP) is 1.98. The van der Waals surface area contributed by atoms with Gasteiger partial charge in [-0.15, -0.1) is 0 Å². The first kappa shape index (κ1) is 15.9. The molecule has 98 valence electrons. The van der Waals surface area contributed by atoms with Crippen LogP contribution >= 0.6 is 0 Å². The zero-order chi connectivity index (χ0) is 12.4. The highest BCUT2D eigenvalue weighted by atomic mass is 16.5. The smallest absolute Gasteiger partial charge is 0.0587 e. The zero-order valence-electron chi connectivity index (χ0n) is 11.8. The number of hydrogen-bond acceptors (Lipinski definition) is 3. The van der Waals surface area contributed by atoms with E-state index in [0.29, 0.717) is 5.41 Å². The van der Waals surface area contributed by atoms with Gasteiger partial charge in [-0.2, -0.15) is 0 Å². The first-order valence-electron chi connectivity index (χ1n) is 6.34. The highest BCUT2D eigenvalue weighted by Gasteiger charge is 2.12. The quantitative estimate of drug-likeness (QED) is 0.613. The highest BCUT2D eigenvalue weighted by molar-refractivity contribution is 4.66. The second-order valence-electron chi connectivity index (χ2n) is 5.75. The Bertz CT molecular complexity index is 155. The van der Waals surface area contributed by atoms with Gasteiger partial charge in [0, 0.05) is 20.2 Å². The van der Waals surface area contributed by atoms with Crippen molar-refractivity contribution in [2.45, 2.75) is 33.6 Å². The summed E-state index contributed by atoms with van der Waals surface area (Å²) in [5, 5.41) is 3.36. The first-order chi connectivity index (χ1) is 7.45. The maximum absolute atomic E-state index is 4.97. The molecule has 0 aromatic rings. The van der Waals surface area contributed by atoms with E-state index in [9.17, 15) is 0 Å². The first-order valence-corrected chi connectivity index (χ1v) is 6.34. The van der Waals surface area contributed by atoms with Crippen LogP contribution in [0.5, 0.6) is 0 Å². The lowest BCUT2D eigenvalue weighted by molar-refractivity contribution is 0.198. The molecule has 0 saturated heterocycles. The van der Waals surface area contributed by atoms with Gasteiger partial charge in [0.25, 0.3) is 0 Å². The molecule has 3 nitrogen and oxygen atoms in total. The number of ether oxygens (including phenoxy) is 1. The van der Waals surface area contributed by atoms with Gasteiger partial charge >= 0.3 is 0 Å². The number of methoxy groups -OCH3 is 1. The van der Waals surface area contributed by atoms with Crippen LogP contribution in [0.4, 0.5) is 0 Å². The summed E-state index contributed by atoms with van der Waals surface area (Å²) in [6.45, 7) is 12.1. The number of rotatable bonds is 9. The van der Waals surface area contributed by atoms with Gasteiger partial charge in [-0.3, -0.25) is 0 Å². The maximum atomic E-state index is 4.97. The van der Waals surface area contributed by atoms with Crippen molar-refractivity contribution in [3.8, 4) is 0 Å². The molecule has 0 bridgehead atoms. The fourth-order valence-corrected chi connectivity index (χ4v) is 1.82. The molecule has 0 radical (unpaired) electrons. The van der Waals surface area contributed by atoms with Gasteiger partial charge in [-0.05, 0) is 38.4 Å². The summed E-state index contributed by atoms with van der Waals surface area (Å²) in [5.74, 6) is 0. The van der Waals surface area contributed by atoms with Gasteiger partial charge in [0.15, 0.2) is 0 Å². The van der Waals surface area contributed by atoms with Gasteiger partial charge in [-0.25, -0.2) is 0 Å². The predicted molar refractivity (Wildman–Crippen MR) is 70.9 cm³/mol. The van der Waals surface area contributed by atoms with Crippen molar-refractivity contribution in [2.24, 2.45) is 5.41 Å². The SMILES string of the molecule is COCCNCCCCN(C)CC(C)(C)C.